The second-order valence-corrected chi connectivity index (χ2v) is 5.19. The van der Waals surface area contributed by atoms with Crippen LogP contribution >= 0.6 is 15.9 Å². The zero-order chi connectivity index (χ0) is 15.8. The van der Waals surface area contributed by atoms with Gasteiger partial charge in [-0.2, -0.15) is 0 Å². The van der Waals surface area contributed by atoms with Crippen molar-refractivity contribution in [3.8, 4) is 0 Å². The Morgan fingerprint density at radius 3 is 2.81 bits per heavy atom. The number of methoxy groups -OCH3 is 1. The van der Waals surface area contributed by atoms with Gasteiger partial charge in [0.2, 0.25) is 0 Å². The maximum atomic E-state index is 12.0. The molecule has 1 rings (SSSR count). The Morgan fingerprint density at radius 2 is 2.14 bits per heavy atom. The van der Waals surface area contributed by atoms with Gasteiger partial charge >= 0.3 is 5.97 Å². The van der Waals surface area contributed by atoms with E-state index in [1.54, 1.807) is 25.3 Å². The number of ether oxygens (including phenoxy) is 2. The molecule has 0 fully saturated rings. The van der Waals surface area contributed by atoms with Crippen molar-refractivity contribution in [2.24, 2.45) is 0 Å². The number of halogens is 1. The van der Waals surface area contributed by atoms with E-state index >= 15 is 0 Å². The Balaban J connectivity index is 2.53. The molecule has 1 aromatic rings. The molecule has 0 saturated heterocycles. The van der Waals surface area contributed by atoms with E-state index < -0.39 is 12.1 Å². The summed E-state index contributed by atoms with van der Waals surface area (Å²) < 4.78 is 10.5. The van der Waals surface area contributed by atoms with Crippen LogP contribution in [0.25, 0.3) is 0 Å². The van der Waals surface area contributed by atoms with Crippen molar-refractivity contribution in [1.29, 1.82) is 0 Å². The highest BCUT2D eigenvalue weighted by atomic mass is 79.9. The lowest BCUT2D eigenvalue weighted by Gasteiger charge is -2.14. The quantitative estimate of drug-likeness (QED) is 0.440. The maximum absolute atomic E-state index is 12.0. The number of hydrogen-bond acceptors (Lipinski definition) is 5. The van der Waals surface area contributed by atoms with Crippen LogP contribution < -0.4 is 11.1 Å². The average Bonchev–Trinajstić information content (AvgIpc) is 2.46. The molecule has 1 atom stereocenters. The molecule has 0 aliphatic carbocycles. The first-order valence-corrected chi connectivity index (χ1v) is 7.28. The second kappa shape index (κ2) is 8.63. The third-order valence-electron chi connectivity index (χ3n) is 2.73. The third kappa shape index (κ3) is 5.35. The van der Waals surface area contributed by atoms with Gasteiger partial charge in [-0.1, -0.05) is 6.07 Å². The normalized spacial score (nSPS) is 11.8. The van der Waals surface area contributed by atoms with Gasteiger partial charge in [-0.25, -0.2) is 4.79 Å². The van der Waals surface area contributed by atoms with Crippen LogP contribution in [0.2, 0.25) is 0 Å². The summed E-state index contributed by atoms with van der Waals surface area (Å²) >= 11 is 3.23. The summed E-state index contributed by atoms with van der Waals surface area (Å²) in [6.45, 7) is 2.55. The van der Waals surface area contributed by atoms with Crippen molar-refractivity contribution >= 4 is 33.5 Å². The van der Waals surface area contributed by atoms with E-state index in [0.29, 0.717) is 29.7 Å². The molecule has 6 nitrogen and oxygen atoms in total. The van der Waals surface area contributed by atoms with Crippen molar-refractivity contribution in [2.75, 3.05) is 26.0 Å². The minimum Gasteiger partial charge on any atom is -0.449 e. The van der Waals surface area contributed by atoms with Gasteiger partial charge in [0.1, 0.15) is 0 Å². The number of nitrogens with two attached hydrogens (primary N) is 1. The van der Waals surface area contributed by atoms with Gasteiger partial charge < -0.3 is 20.5 Å². The summed E-state index contributed by atoms with van der Waals surface area (Å²) in [5.41, 5.74) is 6.42. The van der Waals surface area contributed by atoms with E-state index in [1.807, 2.05) is 0 Å². The lowest BCUT2D eigenvalue weighted by atomic mass is 10.2. The largest absolute Gasteiger partial charge is 0.449 e. The Bertz CT molecular complexity index is 508. The fourth-order valence-electron chi connectivity index (χ4n) is 1.56. The van der Waals surface area contributed by atoms with Gasteiger partial charge in [0.05, 0.1) is 10.0 Å². The molecule has 0 saturated carbocycles. The van der Waals surface area contributed by atoms with Crippen LogP contribution in [0.15, 0.2) is 22.7 Å². The number of rotatable bonds is 7. The summed E-state index contributed by atoms with van der Waals surface area (Å²) in [4.78, 5) is 23.8. The average molecular weight is 359 g/mol. The van der Waals surface area contributed by atoms with Gasteiger partial charge in [0.15, 0.2) is 6.10 Å². The number of anilines is 1. The predicted octanol–water partition coefficient (Wildman–Crippen LogP) is 1.73. The van der Waals surface area contributed by atoms with Crippen molar-refractivity contribution in [3.05, 3.63) is 28.2 Å². The number of benzene rings is 1. The predicted molar refractivity (Wildman–Crippen MR) is 82.9 cm³/mol. The number of hydrogen-bond donors (Lipinski definition) is 2. The van der Waals surface area contributed by atoms with E-state index in [4.69, 9.17) is 15.2 Å². The first-order valence-electron chi connectivity index (χ1n) is 6.49. The van der Waals surface area contributed by atoms with E-state index in [2.05, 4.69) is 21.2 Å². The Morgan fingerprint density at radius 1 is 1.43 bits per heavy atom. The zero-order valence-corrected chi connectivity index (χ0v) is 13.6. The molecule has 3 N–H and O–H groups in total. The number of nitrogens with one attached hydrogen (secondary N) is 1. The molecule has 21 heavy (non-hydrogen) atoms. The highest BCUT2D eigenvalue weighted by Crippen LogP contribution is 2.24. The Kier molecular flexibility index (Phi) is 7.18. The van der Waals surface area contributed by atoms with Crippen molar-refractivity contribution in [2.45, 2.75) is 19.4 Å². The molecule has 0 heterocycles. The molecule has 1 unspecified atom stereocenters. The molecular formula is C14H19BrN2O4. The smallest absolute Gasteiger partial charge is 0.340 e. The monoisotopic (exact) mass is 358 g/mol. The molecule has 0 bridgehead atoms. The fourth-order valence-corrected chi connectivity index (χ4v) is 1.98. The van der Waals surface area contributed by atoms with Crippen molar-refractivity contribution < 1.29 is 19.1 Å². The number of nitrogen functional groups attached to an aromatic ring is 1. The Labute approximate surface area is 132 Å². The number of carbonyl (C=O) groups excluding carboxylic acids is 2. The topological polar surface area (TPSA) is 90.6 Å². The molecule has 0 radical (unpaired) electrons. The zero-order valence-electron chi connectivity index (χ0n) is 12.0. The van der Waals surface area contributed by atoms with Gasteiger partial charge in [-0.3, -0.25) is 4.79 Å². The standard InChI is InChI=1S/C14H19BrN2O4/c1-9(13(18)17-7-4-8-20-2)21-14(19)10-5-3-6-11(16)12(10)15/h3,5-6,9H,4,7-8,16H2,1-2H3,(H,17,18). The van der Waals surface area contributed by atoms with E-state index in [0.717, 1.165) is 0 Å². The highest BCUT2D eigenvalue weighted by molar-refractivity contribution is 9.10. The SMILES string of the molecule is COCCCNC(=O)C(C)OC(=O)c1cccc(N)c1Br. The first kappa shape index (κ1) is 17.5. The summed E-state index contributed by atoms with van der Waals surface area (Å²) in [5, 5.41) is 2.67. The lowest BCUT2D eigenvalue weighted by molar-refractivity contribution is -0.129. The summed E-state index contributed by atoms with van der Waals surface area (Å²) in [6, 6.07) is 4.88. The molecule has 1 aromatic carbocycles. The minimum atomic E-state index is -0.881. The number of carbonyl (C=O) groups is 2. The minimum absolute atomic E-state index is 0.286. The van der Waals surface area contributed by atoms with Gasteiger partial charge in [-0.05, 0) is 41.4 Å². The van der Waals surface area contributed by atoms with Gasteiger partial charge in [0, 0.05) is 25.9 Å². The van der Waals surface area contributed by atoms with Gasteiger partial charge in [0.25, 0.3) is 5.91 Å². The maximum Gasteiger partial charge on any atom is 0.340 e. The number of amides is 1. The van der Waals surface area contributed by atoms with Crippen LogP contribution in [0.1, 0.15) is 23.7 Å². The second-order valence-electron chi connectivity index (χ2n) is 4.39. The van der Waals surface area contributed by atoms with E-state index in [1.165, 1.54) is 6.92 Å². The van der Waals surface area contributed by atoms with Crippen LogP contribution in [-0.2, 0) is 14.3 Å². The van der Waals surface area contributed by atoms with Crippen LogP contribution in [0.3, 0.4) is 0 Å². The molecule has 7 heteroatoms. The van der Waals surface area contributed by atoms with Crippen LogP contribution in [0.5, 0.6) is 0 Å². The summed E-state index contributed by atoms with van der Waals surface area (Å²) in [7, 11) is 1.59. The molecule has 0 aromatic heterocycles. The summed E-state index contributed by atoms with van der Waals surface area (Å²) in [5.74, 6) is -0.951. The molecule has 0 spiro atoms. The molecular weight excluding hydrogens is 340 g/mol. The van der Waals surface area contributed by atoms with Crippen LogP contribution in [0, 0.1) is 0 Å². The third-order valence-corrected chi connectivity index (χ3v) is 3.61. The summed E-state index contributed by atoms with van der Waals surface area (Å²) in [6.07, 6.45) is -0.183. The first-order chi connectivity index (χ1) is 9.97. The van der Waals surface area contributed by atoms with Crippen molar-refractivity contribution in [3.63, 3.8) is 0 Å². The van der Waals surface area contributed by atoms with E-state index in [9.17, 15) is 9.59 Å². The Hall–Kier alpha value is -1.60. The van der Waals surface area contributed by atoms with Crippen LogP contribution in [-0.4, -0.2) is 38.2 Å². The van der Waals surface area contributed by atoms with Gasteiger partial charge in [-0.15, -0.1) is 0 Å². The van der Waals surface area contributed by atoms with Crippen LogP contribution in [0.4, 0.5) is 5.69 Å². The lowest BCUT2D eigenvalue weighted by Crippen LogP contribution is -2.36. The molecule has 116 valence electrons. The molecule has 0 aliphatic rings. The molecule has 0 aliphatic heterocycles. The molecule has 1 amide bonds. The fraction of sp³-hybridized carbons (Fsp3) is 0.429. The number of esters is 1. The van der Waals surface area contributed by atoms with E-state index in [-0.39, 0.29) is 11.5 Å². The highest BCUT2D eigenvalue weighted by Gasteiger charge is 2.20. The van der Waals surface area contributed by atoms with Crippen molar-refractivity contribution in [1.82, 2.24) is 5.32 Å².